The van der Waals surface area contributed by atoms with Crippen LogP contribution in [0.5, 0.6) is 0 Å². The number of hydrogen-bond acceptors (Lipinski definition) is 6. The minimum absolute atomic E-state index is 0.0218. The SMILES string of the molecule is COC(=O)C1=C(C(=O)OC)N(c2ccc3c[nH]c(=O)cc3c2)C=CC=C1. The van der Waals surface area contributed by atoms with Crippen LogP contribution >= 0.6 is 0 Å². The Hall–Kier alpha value is -3.61. The van der Waals surface area contributed by atoms with E-state index in [0.29, 0.717) is 11.1 Å². The van der Waals surface area contributed by atoms with Crippen molar-refractivity contribution < 1.29 is 19.1 Å². The van der Waals surface area contributed by atoms with Gasteiger partial charge in [0.25, 0.3) is 0 Å². The minimum Gasteiger partial charge on any atom is -0.465 e. The molecule has 1 aromatic heterocycles. The Kier molecular flexibility index (Phi) is 4.70. The fourth-order valence-corrected chi connectivity index (χ4v) is 2.67. The van der Waals surface area contributed by atoms with E-state index in [-0.39, 0.29) is 16.8 Å². The number of aromatic amines is 1. The summed E-state index contributed by atoms with van der Waals surface area (Å²) in [6.45, 7) is 0. The van der Waals surface area contributed by atoms with Crippen molar-refractivity contribution in [3.63, 3.8) is 0 Å². The summed E-state index contributed by atoms with van der Waals surface area (Å²) >= 11 is 0. The van der Waals surface area contributed by atoms with Gasteiger partial charge in [0.15, 0.2) is 0 Å². The van der Waals surface area contributed by atoms with E-state index < -0.39 is 11.9 Å². The molecule has 7 nitrogen and oxygen atoms in total. The molecule has 26 heavy (non-hydrogen) atoms. The lowest BCUT2D eigenvalue weighted by Crippen LogP contribution is -2.26. The lowest BCUT2D eigenvalue weighted by Gasteiger charge is -2.23. The smallest absolute Gasteiger partial charge is 0.355 e. The van der Waals surface area contributed by atoms with E-state index in [1.807, 2.05) is 0 Å². The number of ether oxygens (including phenoxy) is 2. The number of fused-ring (bicyclic) bond motifs is 1. The van der Waals surface area contributed by atoms with Crippen molar-refractivity contribution in [2.24, 2.45) is 0 Å². The predicted octanol–water partition coefficient (Wildman–Crippen LogP) is 2.02. The van der Waals surface area contributed by atoms with Gasteiger partial charge in [-0.3, -0.25) is 4.79 Å². The molecule has 7 heteroatoms. The van der Waals surface area contributed by atoms with Crippen LogP contribution in [0.2, 0.25) is 0 Å². The van der Waals surface area contributed by atoms with Gasteiger partial charge in [0.1, 0.15) is 5.70 Å². The first-order chi connectivity index (χ1) is 12.5. The highest BCUT2D eigenvalue weighted by Gasteiger charge is 2.27. The van der Waals surface area contributed by atoms with Gasteiger partial charge in [-0.1, -0.05) is 12.1 Å². The molecule has 132 valence electrons. The number of carbonyl (C=O) groups excluding carboxylic acids is 2. The standard InChI is InChI=1S/C19H16N2O5/c1-25-18(23)15-5-3-4-8-21(17(15)19(24)26-2)14-7-6-12-11-20-16(22)10-13(12)9-14/h3-11H,1-2H3,(H,20,22). The van der Waals surface area contributed by atoms with Gasteiger partial charge < -0.3 is 19.4 Å². The van der Waals surface area contributed by atoms with Crippen LogP contribution in [0.25, 0.3) is 10.8 Å². The molecular weight excluding hydrogens is 336 g/mol. The number of pyridine rings is 1. The van der Waals surface area contributed by atoms with Crippen LogP contribution < -0.4 is 10.5 Å². The highest BCUT2D eigenvalue weighted by molar-refractivity contribution is 6.05. The van der Waals surface area contributed by atoms with E-state index in [4.69, 9.17) is 9.47 Å². The molecule has 0 fully saturated rings. The lowest BCUT2D eigenvalue weighted by atomic mass is 10.1. The molecule has 0 atom stereocenters. The summed E-state index contributed by atoms with van der Waals surface area (Å²) in [6, 6.07) is 6.78. The van der Waals surface area contributed by atoms with Crippen molar-refractivity contribution in [3.8, 4) is 0 Å². The number of aromatic nitrogens is 1. The fraction of sp³-hybridized carbons (Fsp3) is 0.105. The predicted molar refractivity (Wildman–Crippen MR) is 96.4 cm³/mol. The molecular formula is C19H16N2O5. The molecule has 1 aliphatic heterocycles. The van der Waals surface area contributed by atoms with Gasteiger partial charge >= 0.3 is 11.9 Å². The van der Waals surface area contributed by atoms with E-state index in [2.05, 4.69) is 4.98 Å². The molecule has 0 amide bonds. The molecule has 3 rings (SSSR count). The molecule has 0 spiro atoms. The zero-order valence-corrected chi connectivity index (χ0v) is 14.2. The molecule has 0 unspecified atom stereocenters. The van der Waals surface area contributed by atoms with Gasteiger partial charge in [0.05, 0.1) is 19.8 Å². The van der Waals surface area contributed by atoms with Crippen LogP contribution in [0.15, 0.2) is 71.0 Å². The summed E-state index contributed by atoms with van der Waals surface area (Å²) in [4.78, 5) is 40.3. The Bertz CT molecular complexity index is 1030. The Morgan fingerprint density at radius 2 is 1.77 bits per heavy atom. The Morgan fingerprint density at radius 1 is 1.00 bits per heavy atom. The molecule has 1 aromatic carbocycles. The summed E-state index contributed by atoms with van der Waals surface area (Å²) in [6.07, 6.45) is 8.04. The number of nitrogens with one attached hydrogen (secondary N) is 1. The van der Waals surface area contributed by atoms with Gasteiger partial charge in [-0.25, -0.2) is 9.59 Å². The molecule has 2 heterocycles. The van der Waals surface area contributed by atoms with E-state index in [0.717, 1.165) is 5.39 Å². The number of rotatable bonds is 3. The number of methoxy groups -OCH3 is 2. The number of benzene rings is 1. The minimum atomic E-state index is -0.687. The van der Waals surface area contributed by atoms with Crippen LogP contribution in [0.4, 0.5) is 5.69 Å². The molecule has 0 radical (unpaired) electrons. The van der Waals surface area contributed by atoms with Crippen molar-refractivity contribution in [2.75, 3.05) is 19.1 Å². The second-order valence-corrected chi connectivity index (χ2v) is 5.43. The lowest BCUT2D eigenvalue weighted by molar-refractivity contribution is -0.139. The highest BCUT2D eigenvalue weighted by Crippen LogP contribution is 2.28. The van der Waals surface area contributed by atoms with Crippen LogP contribution in [-0.2, 0) is 19.1 Å². The van der Waals surface area contributed by atoms with E-state index in [9.17, 15) is 14.4 Å². The third-order valence-electron chi connectivity index (χ3n) is 3.89. The molecule has 0 saturated carbocycles. The van der Waals surface area contributed by atoms with Gasteiger partial charge in [-0.05, 0) is 35.1 Å². The first-order valence-electron chi connectivity index (χ1n) is 7.72. The van der Waals surface area contributed by atoms with Crippen molar-refractivity contribution in [1.29, 1.82) is 0 Å². The average Bonchev–Trinajstić information content (AvgIpc) is 2.89. The third kappa shape index (κ3) is 3.14. The van der Waals surface area contributed by atoms with E-state index in [1.165, 1.54) is 31.3 Å². The highest BCUT2D eigenvalue weighted by atomic mass is 16.5. The maximum atomic E-state index is 12.4. The number of carbonyl (C=O) groups is 2. The van der Waals surface area contributed by atoms with Gasteiger partial charge in [-0.2, -0.15) is 0 Å². The first-order valence-corrected chi connectivity index (χ1v) is 7.72. The summed E-state index contributed by atoms with van der Waals surface area (Å²) in [5.41, 5.74) is 0.440. The molecule has 0 aliphatic carbocycles. The topological polar surface area (TPSA) is 88.7 Å². The van der Waals surface area contributed by atoms with Crippen LogP contribution in [0.1, 0.15) is 0 Å². The van der Waals surface area contributed by atoms with E-state index in [1.54, 1.807) is 42.7 Å². The maximum Gasteiger partial charge on any atom is 0.355 e. The quantitative estimate of drug-likeness (QED) is 0.850. The van der Waals surface area contributed by atoms with Crippen LogP contribution in [0, 0.1) is 0 Å². The second kappa shape index (κ2) is 7.10. The molecule has 1 aliphatic rings. The van der Waals surface area contributed by atoms with Crippen molar-refractivity contribution in [1.82, 2.24) is 4.98 Å². The first kappa shape index (κ1) is 17.2. The van der Waals surface area contributed by atoms with Gasteiger partial charge in [0, 0.05) is 24.2 Å². The summed E-state index contributed by atoms with van der Waals surface area (Å²) < 4.78 is 9.64. The monoisotopic (exact) mass is 352 g/mol. The second-order valence-electron chi connectivity index (χ2n) is 5.43. The van der Waals surface area contributed by atoms with Crippen molar-refractivity contribution in [2.45, 2.75) is 0 Å². The average molecular weight is 352 g/mol. The van der Waals surface area contributed by atoms with Crippen molar-refractivity contribution >= 4 is 28.4 Å². The van der Waals surface area contributed by atoms with Gasteiger partial charge in [-0.15, -0.1) is 0 Å². The number of nitrogens with zero attached hydrogens (tertiary/aromatic N) is 1. The molecule has 0 bridgehead atoms. The summed E-state index contributed by atoms with van der Waals surface area (Å²) in [7, 11) is 2.48. The van der Waals surface area contributed by atoms with Crippen LogP contribution in [-0.4, -0.2) is 31.1 Å². The number of hydrogen-bond donors (Lipinski definition) is 1. The Morgan fingerprint density at radius 3 is 2.50 bits per heavy atom. The normalized spacial score (nSPS) is 13.7. The Balaban J connectivity index is 2.21. The van der Waals surface area contributed by atoms with Crippen molar-refractivity contribution in [3.05, 3.63) is 76.5 Å². The Labute approximate surface area is 148 Å². The zero-order valence-electron chi connectivity index (χ0n) is 14.2. The summed E-state index contributed by atoms with van der Waals surface area (Å²) in [5.74, 6) is -1.35. The fourth-order valence-electron chi connectivity index (χ4n) is 2.67. The number of anilines is 1. The number of H-pyrrole nitrogens is 1. The zero-order chi connectivity index (χ0) is 18.7. The van der Waals surface area contributed by atoms with Gasteiger partial charge in [0.2, 0.25) is 5.56 Å². The van der Waals surface area contributed by atoms with Crippen LogP contribution in [0.3, 0.4) is 0 Å². The number of allylic oxidation sites excluding steroid dienone is 2. The molecule has 0 saturated heterocycles. The number of esters is 2. The largest absolute Gasteiger partial charge is 0.465 e. The summed E-state index contributed by atoms with van der Waals surface area (Å²) in [5, 5.41) is 1.53. The molecule has 1 N–H and O–H groups in total. The molecule has 2 aromatic rings. The third-order valence-corrected chi connectivity index (χ3v) is 3.89. The maximum absolute atomic E-state index is 12.4. The van der Waals surface area contributed by atoms with E-state index >= 15 is 0 Å².